The van der Waals surface area contributed by atoms with E-state index in [0.29, 0.717) is 13.0 Å². The molecule has 1 saturated heterocycles. The Morgan fingerprint density at radius 1 is 1.15 bits per heavy atom. The second-order valence-corrected chi connectivity index (χ2v) is 6.73. The topological polar surface area (TPSA) is 38.8 Å². The van der Waals surface area contributed by atoms with Crippen molar-refractivity contribution in [3.05, 3.63) is 0 Å². The first-order valence-electron chi connectivity index (χ1n) is 7.75. The van der Waals surface area contributed by atoms with Crippen molar-refractivity contribution in [3.63, 3.8) is 0 Å². The average Bonchev–Trinajstić information content (AvgIpc) is 2.45. The zero-order chi connectivity index (χ0) is 15.6. The highest BCUT2D eigenvalue weighted by atomic mass is 16.5. The van der Waals surface area contributed by atoms with Crippen molar-refractivity contribution in [3.8, 4) is 0 Å². The first-order valence-corrected chi connectivity index (χ1v) is 7.75. The molecule has 4 heteroatoms. The first kappa shape index (κ1) is 17.4. The number of esters is 1. The lowest BCUT2D eigenvalue weighted by molar-refractivity contribution is -0.153. The van der Waals surface area contributed by atoms with E-state index in [9.17, 15) is 4.79 Å². The molecule has 1 rings (SSSR count). The summed E-state index contributed by atoms with van der Waals surface area (Å²) in [6.07, 6.45) is 1.23. The highest BCUT2D eigenvalue weighted by Crippen LogP contribution is 2.50. The molecule has 1 aliphatic heterocycles. The molecule has 0 saturated carbocycles. The van der Waals surface area contributed by atoms with Crippen molar-refractivity contribution in [1.82, 2.24) is 4.90 Å². The van der Waals surface area contributed by atoms with Crippen LogP contribution in [0.25, 0.3) is 0 Å². The number of hydrogen-bond donors (Lipinski definition) is 0. The zero-order valence-electron chi connectivity index (χ0n) is 14.2. The summed E-state index contributed by atoms with van der Waals surface area (Å²) in [7, 11) is 0. The Morgan fingerprint density at radius 2 is 1.70 bits per heavy atom. The van der Waals surface area contributed by atoms with Crippen LogP contribution in [0.2, 0.25) is 0 Å². The van der Waals surface area contributed by atoms with Crippen LogP contribution in [0.3, 0.4) is 0 Å². The molecule has 0 spiro atoms. The predicted octanol–water partition coefficient (Wildman–Crippen LogP) is 3.00. The van der Waals surface area contributed by atoms with E-state index >= 15 is 0 Å². The van der Waals surface area contributed by atoms with Crippen molar-refractivity contribution < 1.29 is 14.3 Å². The number of nitrogens with zero attached hydrogens (tertiary/aromatic N) is 1. The Morgan fingerprint density at radius 3 is 2.05 bits per heavy atom. The fourth-order valence-corrected chi connectivity index (χ4v) is 3.90. The fraction of sp³-hybridized carbons (Fsp3) is 0.938. The molecular formula is C16H31NO3. The van der Waals surface area contributed by atoms with Gasteiger partial charge >= 0.3 is 5.97 Å². The number of rotatable bonds is 6. The highest BCUT2D eigenvalue weighted by Gasteiger charge is 2.60. The Bertz CT molecular complexity index is 348. The molecular weight excluding hydrogens is 254 g/mol. The van der Waals surface area contributed by atoms with Gasteiger partial charge in [-0.05, 0) is 54.1 Å². The highest BCUT2D eigenvalue weighted by molar-refractivity contribution is 5.71. The average molecular weight is 285 g/mol. The summed E-state index contributed by atoms with van der Waals surface area (Å²) >= 11 is 0. The van der Waals surface area contributed by atoms with Gasteiger partial charge in [0.2, 0.25) is 0 Å². The lowest BCUT2D eigenvalue weighted by atomic mass is 9.75. The van der Waals surface area contributed by atoms with Gasteiger partial charge in [0.05, 0.1) is 29.8 Å². The lowest BCUT2D eigenvalue weighted by Gasteiger charge is -2.47. The van der Waals surface area contributed by atoms with Gasteiger partial charge in [-0.2, -0.15) is 0 Å². The van der Waals surface area contributed by atoms with Crippen LogP contribution >= 0.6 is 0 Å². The Hall–Kier alpha value is -0.610. The van der Waals surface area contributed by atoms with E-state index in [0.717, 1.165) is 19.5 Å². The minimum absolute atomic E-state index is 0.131. The molecule has 0 aliphatic carbocycles. The van der Waals surface area contributed by atoms with Crippen LogP contribution in [0, 0.1) is 0 Å². The molecule has 0 bridgehead atoms. The number of carbonyl (C=O) groups is 1. The Labute approximate surface area is 123 Å². The van der Waals surface area contributed by atoms with E-state index in [2.05, 4.69) is 46.4 Å². The van der Waals surface area contributed by atoms with Crippen LogP contribution in [0.4, 0.5) is 0 Å². The monoisotopic (exact) mass is 285 g/mol. The first-order chi connectivity index (χ1) is 9.14. The molecule has 0 radical (unpaired) electrons. The predicted molar refractivity (Wildman–Crippen MR) is 80.8 cm³/mol. The normalized spacial score (nSPS) is 27.8. The summed E-state index contributed by atoms with van der Waals surface area (Å²) in [6, 6.07) is 0. The van der Waals surface area contributed by atoms with Gasteiger partial charge in [0.15, 0.2) is 0 Å². The van der Waals surface area contributed by atoms with Crippen molar-refractivity contribution >= 4 is 5.97 Å². The lowest BCUT2D eigenvalue weighted by Crippen LogP contribution is -2.60. The van der Waals surface area contributed by atoms with Gasteiger partial charge in [-0.3, -0.25) is 9.69 Å². The third-order valence-electron chi connectivity index (χ3n) is 4.48. The van der Waals surface area contributed by atoms with Gasteiger partial charge in [0.1, 0.15) is 0 Å². The Balaban J connectivity index is 3.17. The largest absolute Gasteiger partial charge is 0.466 e. The minimum Gasteiger partial charge on any atom is -0.466 e. The number of likely N-dealkylation sites (N-methyl/N-ethyl adjacent to an activating group) is 1. The quantitative estimate of drug-likeness (QED) is 0.703. The van der Waals surface area contributed by atoms with Crippen LogP contribution in [-0.2, 0) is 14.3 Å². The smallest absolute Gasteiger partial charge is 0.307 e. The van der Waals surface area contributed by atoms with Crippen molar-refractivity contribution in [2.45, 2.75) is 78.0 Å². The third-order valence-corrected chi connectivity index (χ3v) is 4.48. The van der Waals surface area contributed by atoms with Crippen LogP contribution in [-0.4, -0.2) is 47.3 Å². The van der Waals surface area contributed by atoms with Gasteiger partial charge in [-0.1, -0.05) is 13.8 Å². The summed E-state index contributed by atoms with van der Waals surface area (Å²) < 4.78 is 11.5. The molecule has 20 heavy (non-hydrogen) atoms. The standard InChI is InChI=1S/C16H31NO3/c1-8-17(9-2)16(11-13(18)19-10-3)12-14(4,5)20-15(16,6)7/h8-12H2,1-7H3. The molecule has 1 aliphatic rings. The van der Waals surface area contributed by atoms with Gasteiger partial charge in [0.25, 0.3) is 0 Å². The van der Waals surface area contributed by atoms with Crippen LogP contribution < -0.4 is 0 Å². The van der Waals surface area contributed by atoms with Crippen molar-refractivity contribution in [2.75, 3.05) is 19.7 Å². The van der Waals surface area contributed by atoms with Crippen LogP contribution in [0.15, 0.2) is 0 Å². The van der Waals surface area contributed by atoms with E-state index in [-0.39, 0.29) is 22.7 Å². The van der Waals surface area contributed by atoms with Gasteiger partial charge in [0, 0.05) is 0 Å². The van der Waals surface area contributed by atoms with Gasteiger partial charge in [-0.25, -0.2) is 0 Å². The molecule has 118 valence electrons. The molecule has 0 amide bonds. The molecule has 0 aromatic rings. The van der Waals surface area contributed by atoms with E-state index in [1.54, 1.807) is 0 Å². The van der Waals surface area contributed by atoms with Gasteiger partial charge < -0.3 is 9.47 Å². The maximum Gasteiger partial charge on any atom is 0.307 e. The molecule has 0 aromatic carbocycles. The van der Waals surface area contributed by atoms with E-state index in [1.807, 2.05) is 6.92 Å². The van der Waals surface area contributed by atoms with E-state index < -0.39 is 0 Å². The number of hydrogen-bond acceptors (Lipinski definition) is 4. The second kappa shape index (κ2) is 6.02. The van der Waals surface area contributed by atoms with Gasteiger partial charge in [-0.15, -0.1) is 0 Å². The van der Waals surface area contributed by atoms with E-state index in [4.69, 9.17) is 9.47 Å². The maximum absolute atomic E-state index is 12.1. The zero-order valence-corrected chi connectivity index (χ0v) is 14.2. The fourth-order valence-electron chi connectivity index (χ4n) is 3.90. The van der Waals surface area contributed by atoms with E-state index in [1.165, 1.54) is 0 Å². The summed E-state index contributed by atoms with van der Waals surface area (Å²) in [6.45, 7) is 16.8. The second-order valence-electron chi connectivity index (χ2n) is 6.73. The molecule has 1 atom stereocenters. The summed E-state index contributed by atoms with van der Waals surface area (Å²) in [5, 5.41) is 0. The number of carbonyl (C=O) groups excluding carboxylic acids is 1. The summed E-state index contributed by atoms with van der Waals surface area (Å²) in [5.74, 6) is -0.131. The molecule has 0 N–H and O–H groups in total. The third kappa shape index (κ3) is 3.17. The van der Waals surface area contributed by atoms with Crippen molar-refractivity contribution in [1.29, 1.82) is 0 Å². The molecule has 4 nitrogen and oxygen atoms in total. The minimum atomic E-state index is -0.380. The molecule has 1 unspecified atom stereocenters. The molecule has 1 heterocycles. The maximum atomic E-state index is 12.1. The van der Waals surface area contributed by atoms with Crippen LogP contribution in [0.1, 0.15) is 61.3 Å². The molecule has 1 fully saturated rings. The Kier molecular flexibility index (Phi) is 5.25. The molecule has 0 aromatic heterocycles. The van der Waals surface area contributed by atoms with Crippen LogP contribution in [0.5, 0.6) is 0 Å². The SMILES string of the molecule is CCOC(=O)CC1(N(CC)CC)CC(C)(C)OC1(C)C. The van der Waals surface area contributed by atoms with Crippen molar-refractivity contribution in [2.24, 2.45) is 0 Å². The summed E-state index contributed by atoms with van der Waals surface area (Å²) in [4.78, 5) is 14.5. The number of ether oxygens (including phenoxy) is 2. The summed E-state index contributed by atoms with van der Waals surface area (Å²) in [5.41, 5.74) is -0.903.